The van der Waals surface area contributed by atoms with E-state index >= 15 is 0 Å². The van der Waals surface area contributed by atoms with Crippen molar-refractivity contribution in [3.63, 3.8) is 0 Å². The molecule has 0 fully saturated rings. The number of fused-ring (bicyclic) bond motifs is 1. The number of carbonyl (C=O) groups is 2. The normalized spacial score (nSPS) is 13.9. The van der Waals surface area contributed by atoms with Crippen molar-refractivity contribution in [3.05, 3.63) is 46.3 Å². The summed E-state index contributed by atoms with van der Waals surface area (Å²) in [4.78, 5) is 26.3. The fourth-order valence-electron chi connectivity index (χ4n) is 3.15. The number of quaternary nitrogens is 1. The van der Waals surface area contributed by atoms with Gasteiger partial charge in [0.2, 0.25) is 0 Å². The van der Waals surface area contributed by atoms with Crippen molar-refractivity contribution < 1.29 is 19.2 Å². The van der Waals surface area contributed by atoms with Gasteiger partial charge >= 0.3 is 0 Å². The van der Waals surface area contributed by atoms with Gasteiger partial charge in [0.15, 0.2) is 6.54 Å². The molecule has 2 aromatic rings. The van der Waals surface area contributed by atoms with Gasteiger partial charge in [0.1, 0.15) is 23.9 Å². The molecule has 1 atom stereocenters. The van der Waals surface area contributed by atoms with Gasteiger partial charge in [0.25, 0.3) is 11.8 Å². The lowest BCUT2D eigenvalue weighted by atomic mass is 10.1. The predicted octanol–water partition coefficient (Wildman–Crippen LogP) is 0.868. The van der Waals surface area contributed by atoms with Crippen LogP contribution in [0, 0.1) is 0 Å². The number of hydrogen-bond donors (Lipinski definition) is 3. The number of benzene rings is 1. The Morgan fingerprint density at radius 2 is 2.04 bits per heavy atom. The van der Waals surface area contributed by atoms with Crippen molar-refractivity contribution in [2.75, 3.05) is 32.1 Å². The molecule has 6 nitrogen and oxygen atoms in total. The maximum absolute atomic E-state index is 12.3. The fourth-order valence-corrected chi connectivity index (χ4v) is 4.46. The molecule has 138 valence electrons. The largest absolute Gasteiger partial charge is 0.488 e. The van der Waals surface area contributed by atoms with Crippen LogP contribution >= 0.6 is 11.3 Å². The zero-order valence-corrected chi connectivity index (χ0v) is 15.7. The Kier molecular flexibility index (Phi) is 5.90. The molecule has 1 aromatic carbocycles. The summed E-state index contributed by atoms with van der Waals surface area (Å²) in [5.41, 5.74) is 7.05. The van der Waals surface area contributed by atoms with E-state index in [-0.39, 0.29) is 5.91 Å². The van der Waals surface area contributed by atoms with Crippen LogP contribution in [-0.4, -0.2) is 38.6 Å². The molecular formula is C19H24N3O3S+. The maximum Gasteiger partial charge on any atom is 0.280 e. The number of nitrogens with one attached hydrogen (secondary N) is 2. The number of rotatable bonds is 8. The first-order chi connectivity index (χ1) is 12.5. The average Bonchev–Trinajstić information content (AvgIpc) is 3.15. The number of para-hydroxylation sites is 1. The number of hydrogen-bond acceptors (Lipinski definition) is 4. The van der Waals surface area contributed by atoms with Gasteiger partial charge in [0.05, 0.1) is 12.6 Å². The monoisotopic (exact) mass is 374 g/mol. The summed E-state index contributed by atoms with van der Waals surface area (Å²) < 4.78 is 5.66. The van der Waals surface area contributed by atoms with Crippen LogP contribution in [0.4, 0.5) is 5.00 Å². The smallest absolute Gasteiger partial charge is 0.280 e. The van der Waals surface area contributed by atoms with Crippen LogP contribution in [-0.2, 0) is 17.6 Å². The van der Waals surface area contributed by atoms with E-state index in [0.29, 0.717) is 30.3 Å². The van der Waals surface area contributed by atoms with Crippen molar-refractivity contribution in [1.82, 2.24) is 0 Å². The molecule has 0 spiro atoms. The second-order valence-electron chi connectivity index (χ2n) is 6.52. The average molecular weight is 374 g/mol. The van der Waals surface area contributed by atoms with Crippen molar-refractivity contribution in [3.8, 4) is 5.75 Å². The third kappa shape index (κ3) is 4.42. The van der Waals surface area contributed by atoms with Gasteiger partial charge < -0.3 is 20.7 Å². The van der Waals surface area contributed by atoms with Crippen molar-refractivity contribution >= 4 is 28.2 Å². The van der Waals surface area contributed by atoms with Crippen LogP contribution in [0.15, 0.2) is 30.3 Å². The Balaban J connectivity index is 1.50. The minimum Gasteiger partial charge on any atom is -0.488 e. The Morgan fingerprint density at radius 3 is 2.77 bits per heavy atom. The first-order valence-corrected chi connectivity index (χ1v) is 9.59. The molecular weight excluding hydrogens is 350 g/mol. The Bertz CT molecular complexity index is 789. The molecule has 0 radical (unpaired) electrons. The lowest BCUT2D eigenvalue weighted by molar-refractivity contribution is -0.871. The second-order valence-corrected chi connectivity index (χ2v) is 7.62. The van der Waals surface area contributed by atoms with Crippen molar-refractivity contribution in [2.45, 2.75) is 19.3 Å². The number of nitrogens with two attached hydrogens (primary N) is 1. The summed E-state index contributed by atoms with van der Waals surface area (Å²) in [5.74, 6) is 0.241. The number of ether oxygens (including phenoxy) is 1. The topological polar surface area (TPSA) is 85.9 Å². The summed E-state index contributed by atoms with van der Waals surface area (Å²) in [7, 11) is 1.94. The lowest BCUT2D eigenvalue weighted by Gasteiger charge is -2.14. The van der Waals surface area contributed by atoms with E-state index in [1.807, 2.05) is 37.4 Å². The number of primary amides is 1. The number of carbonyl (C=O) groups excluding carboxylic acids is 2. The molecule has 1 unspecified atom stereocenters. The number of aryl methyl sites for hydroxylation is 1. The van der Waals surface area contributed by atoms with Crippen LogP contribution in [0.5, 0.6) is 5.75 Å². The highest BCUT2D eigenvalue weighted by molar-refractivity contribution is 7.17. The van der Waals surface area contributed by atoms with Crippen molar-refractivity contribution in [1.29, 1.82) is 0 Å². The van der Waals surface area contributed by atoms with Crippen LogP contribution in [0.25, 0.3) is 0 Å². The van der Waals surface area contributed by atoms with Gasteiger partial charge in [-0.15, -0.1) is 11.3 Å². The minimum absolute atomic E-state index is 0.121. The molecule has 0 bridgehead atoms. The number of amides is 2. The SMILES string of the molecule is C[NH+](CCOc1ccccc1)CC(=O)Nc1sc2c(c1C(N)=O)CCC2. The molecule has 4 N–H and O–H groups in total. The minimum atomic E-state index is -0.461. The third-order valence-electron chi connectivity index (χ3n) is 4.42. The first kappa shape index (κ1) is 18.4. The Hall–Kier alpha value is -2.38. The van der Waals surface area contributed by atoms with E-state index in [1.54, 1.807) is 0 Å². The summed E-state index contributed by atoms with van der Waals surface area (Å²) in [6.45, 7) is 1.54. The molecule has 0 saturated heterocycles. The fraction of sp³-hybridized carbons (Fsp3) is 0.368. The third-order valence-corrected chi connectivity index (χ3v) is 5.63. The van der Waals surface area contributed by atoms with Gasteiger partial charge in [-0.25, -0.2) is 0 Å². The molecule has 1 aliphatic carbocycles. The Labute approximate surface area is 156 Å². The Morgan fingerprint density at radius 1 is 1.27 bits per heavy atom. The van der Waals surface area contributed by atoms with Crippen LogP contribution in [0.3, 0.4) is 0 Å². The van der Waals surface area contributed by atoms with Crippen molar-refractivity contribution in [2.24, 2.45) is 5.73 Å². The summed E-state index contributed by atoms with van der Waals surface area (Å²) in [6, 6.07) is 9.60. The van der Waals surface area contributed by atoms with E-state index in [0.717, 1.165) is 35.5 Å². The van der Waals surface area contributed by atoms with Gasteiger partial charge in [-0.3, -0.25) is 9.59 Å². The first-order valence-electron chi connectivity index (χ1n) is 8.78. The van der Waals surface area contributed by atoms with Gasteiger partial charge in [-0.05, 0) is 37.0 Å². The van der Waals surface area contributed by atoms with E-state index in [9.17, 15) is 9.59 Å². The quantitative estimate of drug-likeness (QED) is 0.641. The zero-order valence-electron chi connectivity index (χ0n) is 14.8. The van der Waals surface area contributed by atoms with Gasteiger partial charge in [-0.1, -0.05) is 18.2 Å². The maximum atomic E-state index is 12.3. The number of likely N-dealkylation sites (N-methyl/N-ethyl adjacent to an activating group) is 1. The van der Waals surface area contributed by atoms with E-state index in [4.69, 9.17) is 10.5 Å². The molecule has 0 saturated carbocycles. The van der Waals surface area contributed by atoms with E-state index < -0.39 is 5.91 Å². The highest BCUT2D eigenvalue weighted by Crippen LogP contribution is 2.38. The lowest BCUT2D eigenvalue weighted by Crippen LogP contribution is -3.10. The number of thiophene rings is 1. The summed E-state index contributed by atoms with van der Waals surface area (Å²) in [6.07, 6.45) is 2.87. The summed E-state index contributed by atoms with van der Waals surface area (Å²) >= 11 is 1.48. The molecule has 2 amide bonds. The molecule has 26 heavy (non-hydrogen) atoms. The van der Waals surface area contributed by atoms with Gasteiger partial charge in [-0.2, -0.15) is 0 Å². The van der Waals surface area contributed by atoms with Crippen LogP contribution in [0.2, 0.25) is 0 Å². The molecule has 0 aliphatic heterocycles. The molecule has 1 aliphatic rings. The summed E-state index contributed by atoms with van der Waals surface area (Å²) in [5, 5.41) is 3.48. The molecule has 1 aromatic heterocycles. The standard InChI is InChI=1S/C19H23N3O3S/c1-22(10-11-25-13-6-3-2-4-7-13)12-16(23)21-19-17(18(20)24)14-8-5-9-15(14)26-19/h2-4,6-7H,5,8-12H2,1H3,(H2,20,24)(H,21,23)/p+1. The van der Waals surface area contributed by atoms with E-state index in [1.165, 1.54) is 16.2 Å². The van der Waals surface area contributed by atoms with Crippen LogP contribution in [0.1, 0.15) is 27.2 Å². The van der Waals surface area contributed by atoms with Crippen LogP contribution < -0.4 is 20.7 Å². The molecule has 7 heteroatoms. The zero-order chi connectivity index (χ0) is 18.5. The highest BCUT2D eigenvalue weighted by atomic mass is 32.1. The predicted molar refractivity (Wildman–Crippen MR) is 102 cm³/mol. The number of anilines is 1. The molecule has 3 rings (SSSR count). The van der Waals surface area contributed by atoms with E-state index in [2.05, 4.69) is 5.32 Å². The highest BCUT2D eigenvalue weighted by Gasteiger charge is 2.26. The molecule has 1 heterocycles. The van der Waals surface area contributed by atoms with Gasteiger partial charge in [0, 0.05) is 4.88 Å². The second kappa shape index (κ2) is 8.33.